The molecule has 0 bridgehead atoms. The van der Waals surface area contributed by atoms with Gasteiger partial charge in [0.1, 0.15) is 23.2 Å². The molecule has 34 heavy (non-hydrogen) atoms. The molecule has 0 unspecified atom stereocenters. The van der Waals surface area contributed by atoms with E-state index in [-0.39, 0.29) is 35.7 Å². The van der Waals surface area contributed by atoms with Gasteiger partial charge < -0.3 is 14.4 Å². The highest BCUT2D eigenvalue weighted by atomic mass is 19.4. The Balaban J connectivity index is 1.64. The van der Waals surface area contributed by atoms with Crippen LogP contribution in [0.3, 0.4) is 0 Å². The minimum Gasteiger partial charge on any atom is -0.494 e. The lowest BCUT2D eigenvalue weighted by molar-refractivity contribution is -0.189. The van der Waals surface area contributed by atoms with Crippen molar-refractivity contribution in [1.29, 1.82) is 5.26 Å². The van der Waals surface area contributed by atoms with Gasteiger partial charge in [-0.3, -0.25) is 4.79 Å². The van der Waals surface area contributed by atoms with Crippen molar-refractivity contribution in [2.24, 2.45) is 0 Å². The molecule has 1 atom stereocenters. The number of ether oxygens (including phenoxy) is 2. The third-order valence-electron chi connectivity index (χ3n) is 5.24. The highest BCUT2D eigenvalue weighted by Crippen LogP contribution is 2.37. The van der Waals surface area contributed by atoms with Crippen molar-refractivity contribution >= 4 is 5.91 Å². The molecule has 0 radical (unpaired) electrons. The summed E-state index contributed by atoms with van der Waals surface area (Å²) < 4.78 is 64.1. The molecule has 12 heteroatoms. The summed E-state index contributed by atoms with van der Waals surface area (Å²) in [5, 5.41) is 13.7. The van der Waals surface area contributed by atoms with Crippen LogP contribution in [0.2, 0.25) is 0 Å². The summed E-state index contributed by atoms with van der Waals surface area (Å²) in [6.07, 6.45) is -4.17. The van der Waals surface area contributed by atoms with Crippen molar-refractivity contribution in [2.75, 3.05) is 7.11 Å². The molecule has 0 aliphatic carbocycles. The molecule has 0 fully saturated rings. The molecular formula is C22H17F4N5O3. The van der Waals surface area contributed by atoms with E-state index in [2.05, 4.69) is 10.1 Å². The number of benzene rings is 1. The Morgan fingerprint density at radius 1 is 1.24 bits per heavy atom. The highest BCUT2D eigenvalue weighted by Gasteiger charge is 2.40. The monoisotopic (exact) mass is 475 g/mol. The number of carbonyl (C=O) groups is 1. The van der Waals surface area contributed by atoms with Crippen molar-refractivity contribution in [3.05, 3.63) is 64.9 Å². The fourth-order valence-electron chi connectivity index (χ4n) is 3.50. The number of carbonyl (C=O) groups excluding carboxylic acids is 1. The Hall–Kier alpha value is -4.14. The summed E-state index contributed by atoms with van der Waals surface area (Å²) in [6, 6.07) is 6.92. The number of nitrogens with zero attached hydrogens (tertiary/aromatic N) is 5. The van der Waals surface area contributed by atoms with Crippen molar-refractivity contribution in [1.82, 2.24) is 19.7 Å². The Morgan fingerprint density at radius 2 is 2.00 bits per heavy atom. The maximum Gasteiger partial charge on any atom is 0.425 e. The molecule has 0 saturated carbocycles. The van der Waals surface area contributed by atoms with Gasteiger partial charge >= 0.3 is 6.18 Å². The molecule has 0 spiro atoms. The normalized spacial score (nSPS) is 13.9. The molecule has 176 valence electrons. The first-order chi connectivity index (χ1) is 16.1. The van der Waals surface area contributed by atoms with Crippen LogP contribution in [-0.2, 0) is 13.1 Å². The molecular weight excluding hydrogens is 458 g/mol. The molecule has 3 heterocycles. The van der Waals surface area contributed by atoms with Crippen LogP contribution in [0, 0.1) is 17.1 Å². The van der Waals surface area contributed by atoms with Gasteiger partial charge in [-0.1, -0.05) is 0 Å². The maximum atomic E-state index is 13.4. The van der Waals surface area contributed by atoms with E-state index in [1.165, 1.54) is 34.9 Å². The van der Waals surface area contributed by atoms with Gasteiger partial charge in [0.2, 0.25) is 0 Å². The molecule has 2 aromatic heterocycles. The molecule has 0 N–H and O–H groups in total. The summed E-state index contributed by atoms with van der Waals surface area (Å²) in [5.41, 5.74) is 0.917. The average Bonchev–Trinajstić information content (AvgIpc) is 3.37. The number of pyridine rings is 1. The maximum absolute atomic E-state index is 13.4. The summed E-state index contributed by atoms with van der Waals surface area (Å²) in [4.78, 5) is 18.7. The first-order valence-electron chi connectivity index (χ1n) is 9.95. The summed E-state index contributed by atoms with van der Waals surface area (Å²) in [6.45, 7) is 0.969. The van der Waals surface area contributed by atoms with Crippen LogP contribution in [0.1, 0.15) is 34.1 Å². The minimum absolute atomic E-state index is 0.0256. The van der Waals surface area contributed by atoms with Gasteiger partial charge in [0, 0.05) is 18.3 Å². The molecule has 4 rings (SSSR count). The van der Waals surface area contributed by atoms with Crippen LogP contribution in [-0.4, -0.2) is 45.0 Å². The number of halogens is 4. The van der Waals surface area contributed by atoms with Crippen LogP contribution in [0.5, 0.6) is 11.5 Å². The van der Waals surface area contributed by atoms with Crippen LogP contribution in [0.4, 0.5) is 17.6 Å². The lowest BCUT2D eigenvalue weighted by Gasteiger charge is -2.23. The highest BCUT2D eigenvalue weighted by molar-refractivity contribution is 6.00. The van der Waals surface area contributed by atoms with Crippen molar-refractivity contribution in [3.63, 3.8) is 0 Å². The van der Waals surface area contributed by atoms with Gasteiger partial charge in [0.25, 0.3) is 5.91 Å². The smallest absolute Gasteiger partial charge is 0.425 e. The van der Waals surface area contributed by atoms with Crippen LogP contribution in [0.25, 0.3) is 5.82 Å². The van der Waals surface area contributed by atoms with E-state index >= 15 is 0 Å². The first kappa shape index (κ1) is 23.0. The third kappa shape index (κ3) is 4.24. The van der Waals surface area contributed by atoms with E-state index in [1.807, 2.05) is 6.07 Å². The van der Waals surface area contributed by atoms with Gasteiger partial charge in [-0.2, -0.15) is 23.5 Å². The number of hydrogen-bond donors (Lipinski definition) is 0. The average molecular weight is 475 g/mol. The Bertz CT molecular complexity index is 1260. The van der Waals surface area contributed by atoms with Gasteiger partial charge in [-0.25, -0.2) is 14.1 Å². The number of alkyl halides is 3. The number of aromatic nitrogens is 3. The quantitative estimate of drug-likeness (QED) is 0.522. The Kier molecular flexibility index (Phi) is 5.87. The van der Waals surface area contributed by atoms with Gasteiger partial charge in [0.15, 0.2) is 17.7 Å². The summed E-state index contributed by atoms with van der Waals surface area (Å²) in [5.74, 6) is -1.32. The Morgan fingerprint density at radius 3 is 2.59 bits per heavy atom. The second-order valence-electron chi connectivity index (χ2n) is 7.47. The SMILES string of the molecule is COc1c(C#N)ccc(O[C@H](C)C(F)(F)F)c1C(=O)N1Cc2cn(-c3ccc(F)cn3)nc2C1. The van der Waals surface area contributed by atoms with Gasteiger partial charge in [0.05, 0.1) is 31.1 Å². The third-order valence-corrected chi connectivity index (χ3v) is 5.24. The fourth-order valence-corrected chi connectivity index (χ4v) is 3.50. The first-order valence-corrected chi connectivity index (χ1v) is 9.95. The lowest BCUT2D eigenvalue weighted by atomic mass is 10.1. The van der Waals surface area contributed by atoms with E-state index in [1.54, 1.807) is 6.20 Å². The second-order valence-corrected chi connectivity index (χ2v) is 7.47. The fraction of sp³-hybridized carbons (Fsp3) is 0.273. The standard InChI is InChI=1S/C22H17F4N5O3/c1-12(22(24,25)26)34-17-5-3-13(7-27)20(33-2)19(17)21(32)30-9-14-10-31(29-16(14)11-30)18-6-4-15(23)8-28-18/h3-6,8,10,12H,9,11H2,1-2H3/t12-/m1/s1. The van der Waals surface area contributed by atoms with Crippen molar-refractivity contribution in [2.45, 2.75) is 32.3 Å². The predicted octanol–water partition coefficient (Wildman–Crippen LogP) is 3.77. The predicted molar refractivity (Wildman–Crippen MR) is 109 cm³/mol. The van der Waals surface area contributed by atoms with E-state index in [0.29, 0.717) is 17.1 Å². The van der Waals surface area contributed by atoms with Crippen molar-refractivity contribution in [3.8, 4) is 23.4 Å². The molecule has 1 aromatic carbocycles. The summed E-state index contributed by atoms with van der Waals surface area (Å²) in [7, 11) is 1.21. The molecule has 8 nitrogen and oxygen atoms in total. The number of fused-ring (bicyclic) bond motifs is 1. The summed E-state index contributed by atoms with van der Waals surface area (Å²) >= 11 is 0. The van der Waals surface area contributed by atoms with Crippen LogP contribution >= 0.6 is 0 Å². The molecule has 3 aromatic rings. The number of hydrogen-bond acceptors (Lipinski definition) is 6. The Labute approximate surface area is 190 Å². The van der Waals surface area contributed by atoms with E-state index in [4.69, 9.17) is 9.47 Å². The van der Waals surface area contributed by atoms with Crippen molar-refractivity contribution < 1.29 is 31.8 Å². The van der Waals surface area contributed by atoms with Gasteiger partial charge in [-0.05, 0) is 31.2 Å². The van der Waals surface area contributed by atoms with Crippen LogP contribution in [0.15, 0.2) is 36.7 Å². The molecule has 1 aliphatic heterocycles. The van der Waals surface area contributed by atoms with E-state index in [0.717, 1.165) is 19.2 Å². The van der Waals surface area contributed by atoms with E-state index < -0.39 is 24.0 Å². The van der Waals surface area contributed by atoms with E-state index in [9.17, 15) is 27.6 Å². The topological polar surface area (TPSA) is 93.3 Å². The van der Waals surface area contributed by atoms with Gasteiger partial charge in [-0.15, -0.1) is 0 Å². The zero-order chi connectivity index (χ0) is 24.6. The molecule has 1 aliphatic rings. The number of rotatable bonds is 5. The zero-order valence-electron chi connectivity index (χ0n) is 17.9. The number of methoxy groups -OCH3 is 1. The zero-order valence-corrected chi connectivity index (χ0v) is 17.9. The minimum atomic E-state index is -4.66. The number of amides is 1. The molecule has 0 saturated heterocycles. The number of nitriles is 1. The largest absolute Gasteiger partial charge is 0.494 e. The van der Waals surface area contributed by atoms with Crippen LogP contribution < -0.4 is 9.47 Å². The lowest BCUT2D eigenvalue weighted by Crippen LogP contribution is -2.33. The second kappa shape index (κ2) is 8.66. The molecule has 1 amide bonds.